The topological polar surface area (TPSA) is 16.5 Å². The number of quaternary nitrogens is 1. The standard InChI is InChI=1S/C19H25ClN2/c20-18-3-1-2-4-19(18)21-17-7-9-22(10-8-17)13-16-12-14-5-6-15(16)11-14/h1-6,14-17,21H,7-13H2/p+1/t14-,15-,16-/m0/s1. The summed E-state index contributed by atoms with van der Waals surface area (Å²) < 4.78 is 0. The van der Waals surface area contributed by atoms with Gasteiger partial charge in [-0.3, -0.25) is 0 Å². The summed E-state index contributed by atoms with van der Waals surface area (Å²) >= 11 is 6.25. The largest absolute Gasteiger partial charge is 0.381 e. The van der Waals surface area contributed by atoms with Crippen molar-refractivity contribution in [3.63, 3.8) is 0 Å². The second-order valence-corrected chi connectivity index (χ2v) is 7.80. The molecule has 1 saturated heterocycles. The van der Waals surface area contributed by atoms with Gasteiger partial charge in [0.2, 0.25) is 0 Å². The van der Waals surface area contributed by atoms with Crippen LogP contribution in [0.15, 0.2) is 36.4 Å². The molecule has 0 radical (unpaired) electrons. The van der Waals surface area contributed by atoms with Gasteiger partial charge in [0.1, 0.15) is 0 Å². The van der Waals surface area contributed by atoms with Gasteiger partial charge in [-0.1, -0.05) is 35.9 Å². The molecular weight excluding hydrogens is 292 g/mol. The van der Waals surface area contributed by atoms with Crippen molar-refractivity contribution in [1.82, 2.24) is 0 Å². The third-order valence-corrected chi connectivity index (χ3v) is 6.22. The van der Waals surface area contributed by atoms with Gasteiger partial charge >= 0.3 is 0 Å². The van der Waals surface area contributed by atoms with Gasteiger partial charge in [0.05, 0.1) is 30.3 Å². The number of halogens is 1. The molecule has 1 saturated carbocycles. The summed E-state index contributed by atoms with van der Waals surface area (Å²) in [5.74, 6) is 2.77. The van der Waals surface area contributed by atoms with Crippen molar-refractivity contribution in [3.8, 4) is 0 Å². The van der Waals surface area contributed by atoms with E-state index in [-0.39, 0.29) is 0 Å². The van der Waals surface area contributed by atoms with Crippen LogP contribution in [0.2, 0.25) is 5.02 Å². The van der Waals surface area contributed by atoms with Crippen LogP contribution in [0.5, 0.6) is 0 Å². The van der Waals surface area contributed by atoms with Crippen LogP contribution >= 0.6 is 11.6 Å². The molecule has 3 atom stereocenters. The van der Waals surface area contributed by atoms with E-state index in [9.17, 15) is 0 Å². The second kappa shape index (κ2) is 6.25. The molecule has 0 unspecified atom stereocenters. The summed E-state index contributed by atoms with van der Waals surface area (Å²) in [7, 11) is 0. The van der Waals surface area contributed by atoms with E-state index in [4.69, 9.17) is 11.6 Å². The molecule has 1 aliphatic heterocycles. The molecular formula is C19H26ClN2+. The molecule has 2 bridgehead atoms. The highest BCUT2D eigenvalue weighted by Gasteiger charge is 2.38. The lowest BCUT2D eigenvalue weighted by atomic mass is 9.92. The van der Waals surface area contributed by atoms with Crippen molar-refractivity contribution < 1.29 is 4.90 Å². The first-order valence-electron chi connectivity index (χ1n) is 8.81. The van der Waals surface area contributed by atoms with Crippen LogP contribution in [0.4, 0.5) is 5.69 Å². The molecule has 118 valence electrons. The van der Waals surface area contributed by atoms with E-state index in [1.165, 1.54) is 45.3 Å². The van der Waals surface area contributed by atoms with Crippen LogP contribution in [-0.2, 0) is 0 Å². The molecule has 2 fully saturated rings. The summed E-state index contributed by atoms with van der Waals surface area (Å²) in [5.41, 5.74) is 1.09. The highest BCUT2D eigenvalue weighted by molar-refractivity contribution is 6.33. The Balaban J connectivity index is 1.26. The summed E-state index contributed by atoms with van der Waals surface area (Å²) in [5, 5.41) is 4.47. The average Bonchev–Trinajstić information content (AvgIpc) is 3.14. The number of para-hydroxylation sites is 1. The Kier molecular flexibility index (Phi) is 4.15. The number of anilines is 1. The number of allylic oxidation sites excluding steroid dienone is 2. The summed E-state index contributed by atoms with van der Waals surface area (Å²) in [6.07, 6.45) is 10.4. The van der Waals surface area contributed by atoms with Gasteiger partial charge < -0.3 is 10.2 Å². The van der Waals surface area contributed by atoms with Gasteiger partial charge in [-0.15, -0.1) is 0 Å². The minimum atomic E-state index is 0.587. The molecule has 4 rings (SSSR count). The Hall–Kier alpha value is -0.990. The van der Waals surface area contributed by atoms with Gasteiger partial charge in [-0.2, -0.15) is 0 Å². The third-order valence-electron chi connectivity index (χ3n) is 5.89. The lowest BCUT2D eigenvalue weighted by Crippen LogP contribution is -3.14. The fourth-order valence-electron chi connectivity index (χ4n) is 4.67. The summed E-state index contributed by atoms with van der Waals surface area (Å²) in [4.78, 5) is 1.82. The number of benzene rings is 1. The van der Waals surface area contributed by atoms with E-state index in [1.54, 1.807) is 0 Å². The second-order valence-electron chi connectivity index (χ2n) is 7.39. The first-order valence-corrected chi connectivity index (χ1v) is 9.18. The molecule has 0 spiro atoms. The van der Waals surface area contributed by atoms with E-state index < -0.39 is 0 Å². The Bertz CT molecular complexity index is 548. The number of hydrogen-bond acceptors (Lipinski definition) is 1. The quantitative estimate of drug-likeness (QED) is 0.816. The van der Waals surface area contributed by atoms with Crippen molar-refractivity contribution in [2.75, 3.05) is 25.0 Å². The van der Waals surface area contributed by atoms with E-state index >= 15 is 0 Å². The smallest absolute Gasteiger partial charge is 0.0805 e. The predicted octanol–water partition coefficient (Wildman–Crippen LogP) is 3.01. The van der Waals surface area contributed by atoms with E-state index in [1.807, 2.05) is 17.0 Å². The average molecular weight is 318 g/mol. The van der Waals surface area contributed by atoms with Crippen molar-refractivity contribution >= 4 is 17.3 Å². The molecule has 0 amide bonds. The molecule has 1 heterocycles. The maximum absolute atomic E-state index is 6.25. The predicted molar refractivity (Wildman–Crippen MR) is 92.5 cm³/mol. The van der Waals surface area contributed by atoms with Crippen LogP contribution in [0.25, 0.3) is 0 Å². The minimum absolute atomic E-state index is 0.587. The Morgan fingerprint density at radius 3 is 2.59 bits per heavy atom. The van der Waals surface area contributed by atoms with Crippen molar-refractivity contribution in [2.24, 2.45) is 17.8 Å². The summed E-state index contributed by atoms with van der Waals surface area (Å²) in [6, 6.07) is 8.68. The SMILES string of the molecule is Clc1ccccc1NC1CC[NH+](C[C@@H]2C[C@H]3C=C[C@H]2C3)CC1. The normalized spacial score (nSPS) is 36.7. The Labute approximate surface area is 138 Å². The van der Waals surface area contributed by atoms with E-state index in [0.29, 0.717) is 6.04 Å². The molecule has 2 nitrogen and oxygen atoms in total. The molecule has 3 heteroatoms. The molecule has 22 heavy (non-hydrogen) atoms. The van der Waals surface area contributed by atoms with Gasteiger partial charge in [-0.05, 0) is 36.8 Å². The summed E-state index contributed by atoms with van der Waals surface area (Å²) in [6.45, 7) is 4.00. The number of likely N-dealkylation sites (tertiary alicyclic amines) is 1. The van der Waals surface area contributed by atoms with Crippen molar-refractivity contribution in [2.45, 2.75) is 31.7 Å². The number of fused-ring (bicyclic) bond motifs is 2. The van der Waals surface area contributed by atoms with Gasteiger partial charge in [0, 0.05) is 24.8 Å². The van der Waals surface area contributed by atoms with Gasteiger partial charge in [-0.25, -0.2) is 0 Å². The Morgan fingerprint density at radius 2 is 1.91 bits per heavy atom. The first-order chi connectivity index (χ1) is 10.8. The van der Waals surface area contributed by atoms with Crippen molar-refractivity contribution in [3.05, 3.63) is 41.4 Å². The maximum atomic E-state index is 6.25. The molecule has 1 aromatic rings. The van der Waals surface area contributed by atoms with Crippen LogP contribution in [0.3, 0.4) is 0 Å². The number of piperidine rings is 1. The van der Waals surface area contributed by atoms with Crippen molar-refractivity contribution in [1.29, 1.82) is 0 Å². The fourth-order valence-corrected chi connectivity index (χ4v) is 4.86. The third kappa shape index (κ3) is 3.04. The number of hydrogen-bond donors (Lipinski definition) is 2. The first kappa shape index (κ1) is 14.6. The van der Waals surface area contributed by atoms with E-state index in [0.717, 1.165) is 28.5 Å². The fraction of sp³-hybridized carbons (Fsp3) is 0.579. The Morgan fingerprint density at radius 1 is 1.09 bits per heavy atom. The van der Waals surface area contributed by atoms with E-state index in [2.05, 4.69) is 29.6 Å². The molecule has 2 aliphatic carbocycles. The lowest BCUT2D eigenvalue weighted by molar-refractivity contribution is -0.908. The van der Waals surface area contributed by atoms with Gasteiger partial charge in [0.15, 0.2) is 0 Å². The number of nitrogens with one attached hydrogen (secondary N) is 2. The van der Waals surface area contributed by atoms with Crippen LogP contribution in [-0.4, -0.2) is 25.7 Å². The molecule has 3 aliphatic rings. The highest BCUT2D eigenvalue weighted by atomic mass is 35.5. The minimum Gasteiger partial charge on any atom is -0.381 e. The highest BCUT2D eigenvalue weighted by Crippen LogP contribution is 2.42. The maximum Gasteiger partial charge on any atom is 0.0805 e. The van der Waals surface area contributed by atoms with Crippen LogP contribution in [0, 0.1) is 17.8 Å². The number of rotatable bonds is 4. The monoisotopic (exact) mass is 317 g/mol. The zero-order valence-corrected chi connectivity index (χ0v) is 13.9. The molecule has 2 N–H and O–H groups in total. The lowest BCUT2D eigenvalue weighted by Gasteiger charge is -2.33. The molecule has 1 aromatic carbocycles. The zero-order valence-electron chi connectivity index (χ0n) is 13.1. The van der Waals surface area contributed by atoms with Crippen LogP contribution < -0.4 is 10.2 Å². The zero-order chi connectivity index (χ0) is 14.9. The van der Waals surface area contributed by atoms with Gasteiger partial charge in [0.25, 0.3) is 0 Å². The molecule has 0 aromatic heterocycles. The van der Waals surface area contributed by atoms with Crippen LogP contribution in [0.1, 0.15) is 25.7 Å².